The average Bonchev–Trinajstić information content (AvgIpc) is 3.74. The molecule has 286 valence electrons. The molecule has 5 aromatic carbocycles. The molecular formula is C53H48N2OPt. The van der Waals surface area contributed by atoms with Gasteiger partial charge in [-0.15, -0.1) is 71.3 Å². The smallest absolute Gasteiger partial charge is 0.422 e. The van der Waals surface area contributed by atoms with Crippen LogP contribution in [-0.2, 0) is 57.6 Å². The Hall–Kier alpha value is -5.11. The number of aromatic nitrogens is 2. The number of fused-ring (bicyclic) bond motifs is 2. The summed E-state index contributed by atoms with van der Waals surface area (Å²) in [6.07, 6.45) is 4.65. The summed E-state index contributed by atoms with van der Waals surface area (Å²) >= 11 is 0. The molecule has 2 aliphatic carbocycles. The van der Waals surface area contributed by atoms with Gasteiger partial charge in [0.2, 0.25) is 11.8 Å². The van der Waals surface area contributed by atoms with Crippen molar-refractivity contribution in [3.05, 3.63) is 179 Å². The van der Waals surface area contributed by atoms with Crippen LogP contribution in [-0.4, -0.2) is 9.97 Å². The summed E-state index contributed by atoms with van der Waals surface area (Å²) in [5.41, 5.74) is 17.0. The maximum Gasteiger partial charge on any atom is 2.00 e. The summed E-state index contributed by atoms with van der Waals surface area (Å²) in [6, 6.07) is 54.2. The van der Waals surface area contributed by atoms with E-state index in [4.69, 9.17) is 14.7 Å². The van der Waals surface area contributed by atoms with Gasteiger partial charge in [-0.2, -0.15) is 0 Å². The first kappa shape index (κ1) is 38.7. The number of ether oxygens (including phenoxy) is 1. The molecule has 3 nitrogen and oxygen atoms in total. The number of benzene rings is 5. The maximum absolute atomic E-state index is 6.55. The number of hydrogen-bond acceptors (Lipinski definition) is 3. The second-order valence-electron chi connectivity index (χ2n) is 18.0. The Morgan fingerprint density at radius 3 is 1.91 bits per heavy atom. The van der Waals surface area contributed by atoms with Gasteiger partial charge in [-0.1, -0.05) is 120 Å². The van der Waals surface area contributed by atoms with Gasteiger partial charge < -0.3 is 4.74 Å². The van der Waals surface area contributed by atoms with Gasteiger partial charge in [-0.3, -0.25) is 9.97 Å². The van der Waals surface area contributed by atoms with Crippen LogP contribution in [0.15, 0.2) is 133 Å². The van der Waals surface area contributed by atoms with Crippen LogP contribution < -0.4 is 4.74 Å². The zero-order valence-corrected chi connectivity index (χ0v) is 35.9. The summed E-state index contributed by atoms with van der Waals surface area (Å²) in [5.74, 6) is 0.964. The molecular weight excluding hydrogens is 876 g/mol. The monoisotopic (exact) mass is 923 g/mol. The Balaban J connectivity index is 0.00000455. The predicted octanol–water partition coefficient (Wildman–Crippen LogP) is 13.0. The Morgan fingerprint density at radius 2 is 1.19 bits per heavy atom. The minimum atomic E-state index is -0.0780. The van der Waals surface area contributed by atoms with E-state index in [1.165, 1.54) is 51.8 Å². The van der Waals surface area contributed by atoms with Crippen molar-refractivity contribution in [2.45, 2.75) is 78.1 Å². The van der Waals surface area contributed by atoms with E-state index in [1.54, 1.807) is 0 Å². The minimum Gasteiger partial charge on any atom is -0.422 e. The molecule has 0 aliphatic heterocycles. The van der Waals surface area contributed by atoms with Crippen LogP contribution in [0.3, 0.4) is 0 Å². The molecule has 0 radical (unpaired) electrons. The standard InChI is InChI=1S/C53H48N2O.Pt/c1-51(2,3)44-24-25-45(46(30-44)52(4,5)6)42-28-48(35-14-8-7-9-15-35)55-50(29-42)56-49-21-13-20-47(54-49)38-19-12-18-36(26-38)37-22-23-41-33-53(34-43(41)27-37)31-39-16-10-11-17-40(39)32-53;/h7-14,16-18,20-30H,31-34H2,1-6H3;/q-2;+2. The Morgan fingerprint density at radius 1 is 0.509 bits per heavy atom. The zero-order chi connectivity index (χ0) is 38.7. The van der Waals surface area contributed by atoms with Gasteiger partial charge in [0.15, 0.2) is 0 Å². The molecule has 0 saturated carbocycles. The van der Waals surface area contributed by atoms with Gasteiger partial charge in [0.25, 0.3) is 0 Å². The fraction of sp³-hybridized carbons (Fsp3) is 0.245. The SMILES string of the molecule is CC(C)(C)c1ccc(-c2cc(Oc3cccc(-c4[c-]ccc(-c5ccc6c(c5)CC5(Cc7ccccc7C5)C6)c4)n3)nc(-c3[c-]cccc3)c2)c(C(C)(C)C)c1.[Pt+2]. The first-order valence-electron chi connectivity index (χ1n) is 19.9. The number of rotatable bonds is 6. The van der Waals surface area contributed by atoms with E-state index in [0.717, 1.165) is 52.0 Å². The van der Waals surface area contributed by atoms with Crippen LogP contribution >= 0.6 is 0 Å². The molecule has 4 heteroatoms. The van der Waals surface area contributed by atoms with E-state index in [-0.39, 0.29) is 31.9 Å². The molecule has 0 saturated heterocycles. The second-order valence-corrected chi connectivity index (χ2v) is 18.0. The van der Waals surface area contributed by atoms with Crippen molar-refractivity contribution in [3.8, 4) is 56.5 Å². The van der Waals surface area contributed by atoms with E-state index < -0.39 is 0 Å². The molecule has 2 aliphatic rings. The third kappa shape index (κ3) is 7.92. The van der Waals surface area contributed by atoms with Gasteiger partial charge in [0, 0.05) is 6.07 Å². The molecule has 0 unspecified atom stereocenters. The normalized spacial score (nSPS) is 14.2. The van der Waals surface area contributed by atoms with E-state index in [9.17, 15) is 0 Å². The molecule has 0 amide bonds. The van der Waals surface area contributed by atoms with E-state index in [1.807, 2.05) is 54.6 Å². The van der Waals surface area contributed by atoms with Crippen molar-refractivity contribution in [3.63, 3.8) is 0 Å². The second kappa shape index (κ2) is 15.0. The van der Waals surface area contributed by atoms with Gasteiger partial charge in [0.05, 0.1) is 0 Å². The van der Waals surface area contributed by atoms with Crippen LogP contribution in [0.5, 0.6) is 11.8 Å². The van der Waals surface area contributed by atoms with Crippen LogP contribution in [0.2, 0.25) is 0 Å². The first-order chi connectivity index (χ1) is 26.9. The zero-order valence-electron chi connectivity index (χ0n) is 33.6. The van der Waals surface area contributed by atoms with Crippen molar-refractivity contribution in [1.29, 1.82) is 0 Å². The maximum atomic E-state index is 6.55. The third-order valence-electron chi connectivity index (χ3n) is 11.7. The average molecular weight is 924 g/mol. The number of nitrogens with zero attached hydrogens (tertiary/aromatic N) is 2. The molecule has 57 heavy (non-hydrogen) atoms. The van der Waals surface area contributed by atoms with Crippen LogP contribution in [0.25, 0.3) is 44.8 Å². The number of pyridine rings is 2. The van der Waals surface area contributed by atoms with Crippen LogP contribution in [0.4, 0.5) is 0 Å². The van der Waals surface area contributed by atoms with E-state index >= 15 is 0 Å². The van der Waals surface area contributed by atoms with E-state index in [2.05, 4.69) is 133 Å². The van der Waals surface area contributed by atoms with Crippen molar-refractivity contribution in [1.82, 2.24) is 9.97 Å². The summed E-state index contributed by atoms with van der Waals surface area (Å²) in [6.45, 7) is 13.6. The minimum absolute atomic E-state index is 0. The van der Waals surface area contributed by atoms with Crippen molar-refractivity contribution < 1.29 is 25.8 Å². The Kier molecular flexibility index (Phi) is 10.2. The van der Waals surface area contributed by atoms with Gasteiger partial charge >= 0.3 is 21.1 Å². The topological polar surface area (TPSA) is 35.0 Å². The molecule has 0 atom stereocenters. The van der Waals surface area contributed by atoms with Crippen molar-refractivity contribution in [2.75, 3.05) is 0 Å². The molecule has 7 aromatic rings. The molecule has 1 spiro atoms. The Bertz CT molecular complexity index is 2570. The number of hydrogen-bond donors (Lipinski definition) is 0. The molecule has 2 heterocycles. The van der Waals surface area contributed by atoms with Crippen LogP contribution in [0, 0.1) is 17.5 Å². The van der Waals surface area contributed by atoms with Gasteiger partial charge in [-0.05, 0) is 109 Å². The summed E-state index contributed by atoms with van der Waals surface area (Å²) in [5, 5.41) is 0. The molecule has 0 fully saturated rings. The summed E-state index contributed by atoms with van der Waals surface area (Å²) < 4.78 is 6.55. The molecule has 2 aromatic heterocycles. The third-order valence-corrected chi connectivity index (χ3v) is 11.7. The molecule has 0 N–H and O–H groups in total. The van der Waals surface area contributed by atoms with Crippen molar-refractivity contribution >= 4 is 0 Å². The van der Waals surface area contributed by atoms with Crippen molar-refractivity contribution in [2.24, 2.45) is 5.41 Å². The fourth-order valence-electron chi connectivity index (χ4n) is 8.85. The summed E-state index contributed by atoms with van der Waals surface area (Å²) in [7, 11) is 0. The first-order valence-corrected chi connectivity index (χ1v) is 19.9. The van der Waals surface area contributed by atoms with Crippen LogP contribution in [0.1, 0.15) is 74.9 Å². The fourth-order valence-corrected chi connectivity index (χ4v) is 8.85. The summed E-state index contributed by atoms with van der Waals surface area (Å²) in [4.78, 5) is 9.99. The molecule has 9 rings (SSSR count). The largest absolute Gasteiger partial charge is 2.00 e. The van der Waals surface area contributed by atoms with Gasteiger partial charge in [-0.25, -0.2) is 0 Å². The molecule has 0 bridgehead atoms. The predicted molar refractivity (Wildman–Crippen MR) is 229 cm³/mol. The van der Waals surface area contributed by atoms with E-state index in [0.29, 0.717) is 17.2 Å². The quantitative estimate of drug-likeness (QED) is 0.156. The Labute approximate surface area is 352 Å². The van der Waals surface area contributed by atoms with Gasteiger partial charge in [0.1, 0.15) is 0 Å².